The normalized spacial score (nSPS) is 11.0. The van der Waals surface area contributed by atoms with Crippen LogP contribution in [0.25, 0.3) is 6.08 Å². The summed E-state index contributed by atoms with van der Waals surface area (Å²) in [6, 6.07) is 3.48. The van der Waals surface area contributed by atoms with Gasteiger partial charge in [-0.3, -0.25) is 4.79 Å². The van der Waals surface area contributed by atoms with Gasteiger partial charge >= 0.3 is 5.97 Å². The number of nitrogens with one attached hydrogen (secondary N) is 1. The van der Waals surface area contributed by atoms with Crippen molar-refractivity contribution in [1.29, 1.82) is 0 Å². The maximum Gasteiger partial charge on any atom is 0.328 e. The van der Waals surface area contributed by atoms with E-state index in [0.717, 1.165) is 16.5 Å². The van der Waals surface area contributed by atoms with Crippen molar-refractivity contribution in [2.24, 2.45) is 0 Å². The number of rotatable bonds is 5. The summed E-state index contributed by atoms with van der Waals surface area (Å²) >= 11 is 1.24. The first-order valence-electron chi connectivity index (χ1n) is 6.17. The Labute approximate surface area is 125 Å². The van der Waals surface area contributed by atoms with E-state index in [9.17, 15) is 9.59 Å². The summed E-state index contributed by atoms with van der Waals surface area (Å²) in [7, 11) is 0. The second-order valence-corrected chi connectivity index (χ2v) is 5.52. The smallest absolute Gasteiger partial charge is 0.328 e. The Morgan fingerprint density at radius 2 is 2.19 bits per heavy atom. The van der Waals surface area contributed by atoms with E-state index in [1.807, 2.05) is 6.92 Å². The number of carboxylic acids is 1. The number of thiophene rings is 1. The molecule has 2 heterocycles. The Morgan fingerprint density at radius 1 is 1.43 bits per heavy atom. The van der Waals surface area contributed by atoms with Gasteiger partial charge < -0.3 is 14.9 Å². The van der Waals surface area contributed by atoms with E-state index in [1.165, 1.54) is 17.4 Å². The highest BCUT2D eigenvalue weighted by molar-refractivity contribution is 7.15. The van der Waals surface area contributed by atoms with Gasteiger partial charge in [-0.25, -0.2) is 4.79 Å². The number of aliphatic carboxylic acids is 1. The minimum Gasteiger partial charge on any atom is -0.478 e. The highest BCUT2D eigenvalue weighted by atomic mass is 32.1. The third-order valence-electron chi connectivity index (χ3n) is 2.66. The SMILES string of the molecule is Cc1cc(CNC(=O)c2cc(C)c(/C=C/C(=O)O)s2)no1. The fourth-order valence-electron chi connectivity index (χ4n) is 1.68. The molecular weight excluding hydrogens is 292 g/mol. The van der Waals surface area contributed by atoms with Crippen molar-refractivity contribution >= 4 is 29.3 Å². The molecule has 0 unspecified atom stereocenters. The van der Waals surface area contributed by atoms with Crippen LogP contribution in [0.3, 0.4) is 0 Å². The Balaban J connectivity index is 2.02. The number of amides is 1. The van der Waals surface area contributed by atoms with E-state index in [1.54, 1.807) is 19.1 Å². The minimum absolute atomic E-state index is 0.223. The number of nitrogens with zero attached hydrogens (tertiary/aromatic N) is 1. The number of carbonyl (C=O) groups excluding carboxylic acids is 1. The molecule has 2 N–H and O–H groups in total. The molecule has 110 valence electrons. The van der Waals surface area contributed by atoms with Crippen molar-refractivity contribution in [2.45, 2.75) is 20.4 Å². The van der Waals surface area contributed by atoms with Gasteiger partial charge in [-0.15, -0.1) is 11.3 Å². The summed E-state index contributed by atoms with van der Waals surface area (Å²) in [6.07, 6.45) is 2.54. The molecule has 2 aromatic heterocycles. The van der Waals surface area contributed by atoms with Gasteiger partial charge in [-0.2, -0.15) is 0 Å². The maximum atomic E-state index is 12.0. The molecule has 1 amide bonds. The molecule has 2 aromatic rings. The van der Waals surface area contributed by atoms with Crippen LogP contribution in [0, 0.1) is 13.8 Å². The molecule has 0 bridgehead atoms. The second-order valence-electron chi connectivity index (χ2n) is 4.44. The molecule has 0 saturated heterocycles. The largest absolute Gasteiger partial charge is 0.478 e. The topological polar surface area (TPSA) is 92.4 Å². The summed E-state index contributed by atoms with van der Waals surface area (Å²) in [5.74, 6) is -0.554. The van der Waals surface area contributed by atoms with Crippen LogP contribution >= 0.6 is 11.3 Å². The van der Waals surface area contributed by atoms with E-state index >= 15 is 0 Å². The molecule has 0 aliphatic heterocycles. The molecular formula is C14H14N2O4S. The standard InChI is InChI=1S/C14H14N2O4S/c1-8-5-12(21-11(8)3-4-13(17)18)14(19)15-7-10-6-9(2)20-16-10/h3-6H,7H2,1-2H3,(H,15,19)(H,17,18)/b4-3+. The molecule has 0 saturated carbocycles. The van der Waals surface area contributed by atoms with Crippen molar-refractivity contribution in [2.75, 3.05) is 0 Å². The van der Waals surface area contributed by atoms with Crippen molar-refractivity contribution in [3.05, 3.63) is 45.0 Å². The van der Waals surface area contributed by atoms with Gasteiger partial charge in [0.05, 0.1) is 11.4 Å². The van der Waals surface area contributed by atoms with Crippen molar-refractivity contribution in [3.63, 3.8) is 0 Å². The van der Waals surface area contributed by atoms with Crippen molar-refractivity contribution in [3.8, 4) is 0 Å². The van der Waals surface area contributed by atoms with Crippen LogP contribution in [0.5, 0.6) is 0 Å². The molecule has 7 heteroatoms. The zero-order chi connectivity index (χ0) is 15.4. The van der Waals surface area contributed by atoms with Crippen LogP contribution in [0.2, 0.25) is 0 Å². The Bertz CT molecular complexity index is 700. The van der Waals surface area contributed by atoms with Gasteiger partial charge in [0.2, 0.25) is 0 Å². The third-order valence-corrected chi connectivity index (χ3v) is 3.87. The van der Waals surface area contributed by atoms with E-state index in [-0.39, 0.29) is 12.5 Å². The molecule has 0 aliphatic rings. The molecule has 0 atom stereocenters. The lowest BCUT2D eigenvalue weighted by molar-refractivity contribution is -0.131. The molecule has 0 aliphatic carbocycles. The van der Waals surface area contributed by atoms with Gasteiger partial charge in [-0.1, -0.05) is 5.16 Å². The number of hydrogen-bond donors (Lipinski definition) is 2. The maximum absolute atomic E-state index is 12.0. The zero-order valence-electron chi connectivity index (χ0n) is 11.5. The van der Waals surface area contributed by atoms with Crippen LogP contribution < -0.4 is 5.32 Å². The lowest BCUT2D eigenvalue weighted by Gasteiger charge is -1.99. The molecule has 0 spiro atoms. The van der Waals surface area contributed by atoms with Crippen LogP contribution in [0.1, 0.15) is 31.6 Å². The Morgan fingerprint density at radius 3 is 2.81 bits per heavy atom. The van der Waals surface area contributed by atoms with Gasteiger partial charge in [-0.05, 0) is 31.6 Å². The lowest BCUT2D eigenvalue weighted by Crippen LogP contribution is -2.21. The summed E-state index contributed by atoms with van der Waals surface area (Å²) in [4.78, 5) is 23.8. The van der Waals surface area contributed by atoms with Gasteiger partial charge in [0.1, 0.15) is 11.5 Å². The van der Waals surface area contributed by atoms with Crippen LogP contribution in [-0.4, -0.2) is 22.1 Å². The Kier molecular flexibility index (Phi) is 4.54. The second kappa shape index (κ2) is 6.36. The molecule has 21 heavy (non-hydrogen) atoms. The van der Waals surface area contributed by atoms with Crippen LogP contribution in [0.4, 0.5) is 0 Å². The number of hydrogen-bond acceptors (Lipinski definition) is 5. The fourth-order valence-corrected chi connectivity index (χ4v) is 2.67. The molecule has 2 rings (SSSR count). The fraction of sp³-hybridized carbons (Fsp3) is 0.214. The average molecular weight is 306 g/mol. The number of aryl methyl sites for hydroxylation is 2. The average Bonchev–Trinajstić information content (AvgIpc) is 3.00. The first kappa shape index (κ1) is 15.0. The van der Waals surface area contributed by atoms with E-state index in [4.69, 9.17) is 9.63 Å². The van der Waals surface area contributed by atoms with E-state index in [0.29, 0.717) is 16.3 Å². The minimum atomic E-state index is -1.02. The predicted molar refractivity (Wildman–Crippen MR) is 78.1 cm³/mol. The summed E-state index contributed by atoms with van der Waals surface area (Å²) < 4.78 is 4.92. The molecule has 6 nitrogen and oxygen atoms in total. The van der Waals surface area contributed by atoms with E-state index < -0.39 is 5.97 Å². The third kappa shape index (κ3) is 4.03. The number of aromatic nitrogens is 1. The van der Waals surface area contributed by atoms with Gasteiger partial charge in [0.15, 0.2) is 0 Å². The highest BCUT2D eigenvalue weighted by Gasteiger charge is 2.12. The number of carbonyl (C=O) groups is 2. The summed E-state index contributed by atoms with van der Waals surface area (Å²) in [6.45, 7) is 3.89. The zero-order valence-corrected chi connectivity index (χ0v) is 12.4. The quantitative estimate of drug-likeness (QED) is 0.827. The highest BCUT2D eigenvalue weighted by Crippen LogP contribution is 2.23. The van der Waals surface area contributed by atoms with Gasteiger partial charge in [0.25, 0.3) is 5.91 Å². The van der Waals surface area contributed by atoms with Gasteiger partial charge in [0, 0.05) is 17.0 Å². The predicted octanol–water partition coefficient (Wildman–Crippen LogP) is 2.38. The first-order chi connectivity index (χ1) is 9.95. The molecule has 0 radical (unpaired) electrons. The van der Waals surface area contributed by atoms with Crippen LogP contribution in [-0.2, 0) is 11.3 Å². The van der Waals surface area contributed by atoms with Crippen LogP contribution in [0.15, 0.2) is 22.7 Å². The molecule has 0 fully saturated rings. The van der Waals surface area contributed by atoms with Crippen molar-refractivity contribution in [1.82, 2.24) is 10.5 Å². The Hall–Kier alpha value is -2.41. The summed E-state index contributed by atoms with van der Waals surface area (Å²) in [5, 5.41) is 15.1. The molecule has 0 aromatic carbocycles. The monoisotopic (exact) mass is 306 g/mol. The number of carboxylic acid groups (broad SMARTS) is 1. The first-order valence-corrected chi connectivity index (χ1v) is 6.99. The van der Waals surface area contributed by atoms with Crippen molar-refractivity contribution < 1.29 is 19.2 Å². The summed E-state index contributed by atoms with van der Waals surface area (Å²) in [5.41, 5.74) is 1.51. The lowest BCUT2D eigenvalue weighted by atomic mass is 10.2. The van der Waals surface area contributed by atoms with E-state index in [2.05, 4.69) is 10.5 Å².